The molecule has 0 bridgehead atoms. The van der Waals surface area contributed by atoms with E-state index in [1.165, 1.54) is 18.6 Å². The highest BCUT2D eigenvalue weighted by atomic mass is 32.1. The minimum absolute atomic E-state index is 0.0360. The molecule has 1 aliphatic carbocycles. The number of carbonyl (C=O) groups excluding carboxylic acids is 2. The van der Waals surface area contributed by atoms with E-state index in [9.17, 15) is 14.0 Å². The molecule has 188 valence electrons. The molecular formula is C30H33FN2O2S. The summed E-state index contributed by atoms with van der Waals surface area (Å²) in [6, 6.07) is 18.1. The molecule has 0 saturated heterocycles. The van der Waals surface area contributed by atoms with Crippen molar-refractivity contribution in [3.8, 4) is 0 Å². The number of nitrogens with zero attached hydrogens (tertiary/aromatic N) is 2. The minimum Gasteiger partial charge on any atom is -0.332 e. The van der Waals surface area contributed by atoms with E-state index in [1.54, 1.807) is 39.3 Å². The topological polar surface area (TPSA) is 40.6 Å². The fourth-order valence-corrected chi connectivity index (χ4v) is 5.56. The van der Waals surface area contributed by atoms with Crippen LogP contribution in [0.15, 0.2) is 72.1 Å². The van der Waals surface area contributed by atoms with Crippen molar-refractivity contribution in [2.45, 2.75) is 58.2 Å². The fraction of sp³-hybridized carbons (Fsp3) is 0.333. The minimum atomic E-state index is -0.301. The monoisotopic (exact) mass is 504 g/mol. The second-order valence-electron chi connectivity index (χ2n) is 9.41. The van der Waals surface area contributed by atoms with Gasteiger partial charge in [0, 0.05) is 23.5 Å². The molecule has 4 rings (SSSR count). The van der Waals surface area contributed by atoms with Crippen LogP contribution in [0.2, 0.25) is 0 Å². The highest BCUT2D eigenvalue weighted by Crippen LogP contribution is 2.24. The molecule has 0 spiro atoms. The average Bonchev–Trinajstić information content (AvgIpc) is 3.31. The lowest BCUT2D eigenvalue weighted by Crippen LogP contribution is -2.47. The summed E-state index contributed by atoms with van der Waals surface area (Å²) >= 11 is 1.62. The van der Waals surface area contributed by atoms with Crippen molar-refractivity contribution >= 4 is 29.2 Å². The Morgan fingerprint density at radius 3 is 2.36 bits per heavy atom. The Labute approximate surface area is 217 Å². The lowest BCUT2D eigenvalue weighted by atomic mass is 9.94. The van der Waals surface area contributed by atoms with Gasteiger partial charge in [-0.15, -0.1) is 11.3 Å². The molecule has 4 nitrogen and oxygen atoms in total. The predicted octanol–water partition coefficient (Wildman–Crippen LogP) is 6.60. The van der Waals surface area contributed by atoms with Gasteiger partial charge in [0.25, 0.3) is 0 Å². The molecule has 0 atom stereocenters. The highest BCUT2D eigenvalue weighted by molar-refractivity contribution is 7.10. The van der Waals surface area contributed by atoms with Gasteiger partial charge in [0.2, 0.25) is 11.8 Å². The summed E-state index contributed by atoms with van der Waals surface area (Å²) in [6.07, 6.45) is 8.54. The molecule has 1 aromatic heterocycles. The number of halogens is 1. The molecule has 0 N–H and O–H groups in total. The van der Waals surface area contributed by atoms with Gasteiger partial charge in [-0.3, -0.25) is 9.59 Å². The van der Waals surface area contributed by atoms with E-state index in [0.29, 0.717) is 13.1 Å². The van der Waals surface area contributed by atoms with Crippen LogP contribution >= 0.6 is 11.3 Å². The van der Waals surface area contributed by atoms with Crippen LogP contribution in [0, 0.1) is 12.7 Å². The van der Waals surface area contributed by atoms with Crippen LogP contribution in [0.4, 0.5) is 4.39 Å². The van der Waals surface area contributed by atoms with Gasteiger partial charge in [-0.25, -0.2) is 4.39 Å². The van der Waals surface area contributed by atoms with Gasteiger partial charge in [-0.1, -0.05) is 61.7 Å². The van der Waals surface area contributed by atoms with Crippen LogP contribution in [-0.4, -0.2) is 34.2 Å². The molecule has 0 unspecified atom stereocenters. The van der Waals surface area contributed by atoms with E-state index in [-0.39, 0.29) is 30.2 Å². The molecule has 1 aliphatic rings. The van der Waals surface area contributed by atoms with E-state index in [2.05, 4.69) is 0 Å². The first kappa shape index (κ1) is 25.8. The van der Waals surface area contributed by atoms with Gasteiger partial charge in [-0.2, -0.15) is 0 Å². The van der Waals surface area contributed by atoms with E-state index >= 15 is 0 Å². The van der Waals surface area contributed by atoms with Gasteiger partial charge in [0.1, 0.15) is 12.4 Å². The summed E-state index contributed by atoms with van der Waals surface area (Å²) in [5, 5.41) is 2.03. The second kappa shape index (κ2) is 12.6. The molecule has 1 heterocycles. The van der Waals surface area contributed by atoms with E-state index < -0.39 is 0 Å². The van der Waals surface area contributed by atoms with Crippen molar-refractivity contribution in [2.75, 3.05) is 6.54 Å². The Hall–Kier alpha value is -3.25. The number of carbonyl (C=O) groups is 2. The van der Waals surface area contributed by atoms with Crippen molar-refractivity contribution in [3.63, 3.8) is 0 Å². The smallest absolute Gasteiger partial charge is 0.247 e. The molecule has 2 amide bonds. The zero-order chi connectivity index (χ0) is 25.3. The number of aryl methyl sites for hydroxylation is 1. The molecule has 1 saturated carbocycles. The van der Waals surface area contributed by atoms with Crippen molar-refractivity contribution < 1.29 is 14.0 Å². The zero-order valence-corrected chi connectivity index (χ0v) is 21.6. The Morgan fingerprint density at radius 1 is 0.972 bits per heavy atom. The van der Waals surface area contributed by atoms with Gasteiger partial charge >= 0.3 is 0 Å². The number of hydrogen-bond donors (Lipinski definition) is 0. The first-order valence-corrected chi connectivity index (χ1v) is 13.5. The van der Waals surface area contributed by atoms with Gasteiger partial charge in [0.15, 0.2) is 0 Å². The van der Waals surface area contributed by atoms with Crippen LogP contribution in [0.1, 0.15) is 53.7 Å². The molecule has 1 fully saturated rings. The molecule has 0 aliphatic heterocycles. The van der Waals surface area contributed by atoms with Crippen LogP contribution in [-0.2, 0) is 22.7 Å². The number of thiophene rings is 1. The number of rotatable bonds is 9. The van der Waals surface area contributed by atoms with E-state index in [0.717, 1.165) is 47.3 Å². The van der Waals surface area contributed by atoms with Crippen LogP contribution in [0.25, 0.3) is 6.08 Å². The van der Waals surface area contributed by atoms with Gasteiger partial charge in [-0.05, 0) is 66.1 Å². The fourth-order valence-electron chi connectivity index (χ4n) is 4.63. The highest BCUT2D eigenvalue weighted by Gasteiger charge is 2.28. The Bertz CT molecular complexity index is 1170. The van der Waals surface area contributed by atoms with Crippen molar-refractivity contribution in [1.82, 2.24) is 9.80 Å². The lowest BCUT2D eigenvalue weighted by molar-refractivity contribution is -0.141. The third kappa shape index (κ3) is 7.14. The molecule has 2 aromatic carbocycles. The lowest BCUT2D eigenvalue weighted by Gasteiger charge is -2.35. The summed E-state index contributed by atoms with van der Waals surface area (Å²) in [4.78, 5) is 31.8. The van der Waals surface area contributed by atoms with Gasteiger partial charge < -0.3 is 9.80 Å². The maximum atomic E-state index is 13.7. The Kier molecular flexibility index (Phi) is 9.06. The van der Waals surface area contributed by atoms with Crippen LogP contribution < -0.4 is 0 Å². The van der Waals surface area contributed by atoms with Crippen LogP contribution in [0.5, 0.6) is 0 Å². The molecule has 36 heavy (non-hydrogen) atoms. The zero-order valence-electron chi connectivity index (χ0n) is 20.7. The van der Waals surface area contributed by atoms with E-state index in [1.807, 2.05) is 54.8 Å². The van der Waals surface area contributed by atoms with Crippen molar-refractivity contribution in [2.24, 2.45) is 0 Å². The van der Waals surface area contributed by atoms with E-state index in [4.69, 9.17) is 0 Å². The first-order chi connectivity index (χ1) is 17.5. The summed E-state index contributed by atoms with van der Waals surface area (Å²) in [5.74, 6) is -0.530. The summed E-state index contributed by atoms with van der Waals surface area (Å²) in [5.41, 5.74) is 2.95. The Balaban J connectivity index is 1.55. The summed E-state index contributed by atoms with van der Waals surface area (Å²) < 4.78 is 13.5. The SMILES string of the molecule is Cc1ccsc1CN(Cc1ccc(F)cc1)C(=O)CN(C(=O)/C=C/c1ccccc1)C1CCCCC1. The Morgan fingerprint density at radius 2 is 1.69 bits per heavy atom. The van der Waals surface area contributed by atoms with Crippen molar-refractivity contribution in [1.29, 1.82) is 0 Å². The number of hydrogen-bond acceptors (Lipinski definition) is 3. The third-order valence-corrected chi connectivity index (χ3v) is 7.77. The molecule has 0 radical (unpaired) electrons. The maximum absolute atomic E-state index is 13.7. The molecule has 6 heteroatoms. The van der Waals surface area contributed by atoms with Crippen molar-refractivity contribution in [3.05, 3.63) is 99.5 Å². The van der Waals surface area contributed by atoms with Gasteiger partial charge in [0.05, 0.1) is 6.54 Å². The number of benzene rings is 2. The maximum Gasteiger partial charge on any atom is 0.247 e. The third-order valence-electron chi connectivity index (χ3n) is 6.76. The largest absolute Gasteiger partial charge is 0.332 e. The normalized spacial score (nSPS) is 14.2. The number of amides is 2. The standard InChI is InChI=1S/C30H33FN2O2S/c1-23-18-19-36-28(23)21-32(20-25-12-15-26(31)16-13-25)30(35)22-33(27-10-6-3-7-11-27)29(34)17-14-24-8-4-2-5-9-24/h2,4-5,8-9,12-19,27H,3,6-7,10-11,20-22H2,1H3/b17-14+. The first-order valence-electron chi connectivity index (χ1n) is 12.6. The predicted molar refractivity (Wildman–Crippen MR) is 144 cm³/mol. The molecule has 3 aromatic rings. The average molecular weight is 505 g/mol. The summed E-state index contributed by atoms with van der Waals surface area (Å²) in [6.45, 7) is 2.90. The second-order valence-corrected chi connectivity index (χ2v) is 10.4. The quantitative estimate of drug-likeness (QED) is 0.308. The molecular weight excluding hydrogens is 471 g/mol. The summed E-state index contributed by atoms with van der Waals surface area (Å²) in [7, 11) is 0. The van der Waals surface area contributed by atoms with Crippen LogP contribution in [0.3, 0.4) is 0 Å².